The fourth-order valence-electron chi connectivity index (χ4n) is 2.50. The second kappa shape index (κ2) is 7.11. The van der Waals surface area contributed by atoms with Crippen molar-refractivity contribution < 1.29 is 0 Å². The van der Waals surface area contributed by atoms with Crippen LogP contribution in [0, 0.1) is 6.92 Å². The first kappa shape index (κ1) is 14.6. The topological polar surface area (TPSA) is 15.3 Å². The summed E-state index contributed by atoms with van der Waals surface area (Å²) >= 11 is 0. The van der Waals surface area contributed by atoms with E-state index in [2.05, 4.69) is 79.5 Å². The van der Waals surface area contributed by atoms with Crippen molar-refractivity contribution in [2.24, 2.45) is 0 Å². The molecule has 2 rings (SSSR count). The van der Waals surface area contributed by atoms with Crippen LogP contribution in [0.25, 0.3) is 0 Å². The van der Waals surface area contributed by atoms with Crippen molar-refractivity contribution in [3.05, 3.63) is 59.7 Å². The van der Waals surface area contributed by atoms with Gasteiger partial charge in [-0.1, -0.05) is 37.3 Å². The van der Waals surface area contributed by atoms with Crippen LogP contribution in [0.4, 0.5) is 11.4 Å². The Kier molecular flexibility index (Phi) is 5.19. The van der Waals surface area contributed by atoms with Crippen LogP contribution in [0.5, 0.6) is 0 Å². The van der Waals surface area contributed by atoms with Crippen molar-refractivity contribution in [2.75, 3.05) is 18.0 Å². The average molecular weight is 268 g/mol. The van der Waals surface area contributed by atoms with Crippen LogP contribution in [0.3, 0.4) is 0 Å². The van der Waals surface area contributed by atoms with Gasteiger partial charge in [0.2, 0.25) is 0 Å². The summed E-state index contributed by atoms with van der Waals surface area (Å²) < 4.78 is 0. The fourth-order valence-corrected chi connectivity index (χ4v) is 2.50. The van der Waals surface area contributed by atoms with E-state index in [0.717, 1.165) is 19.6 Å². The first-order valence-electron chi connectivity index (χ1n) is 7.39. The first-order chi connectivity index (χ1) is 9.76. The molecule has 0 bridgehead atoms. The first-order valence-corrected chi connectivity index (χ1v) is 7.39. The quantitative estimate of drug-likeness (QED) is 0.842. The summed E-state index contributed by atoms with van der Waals surface area (Å²) in [6, 6.07) is 17.3. The Labute approximate surface area is 122 Å². The molecule has 0 spiro atoms. The van der Waals surface area contributed by atoms with Crippen LogP contribution >= 0.6 is 0 Å². The minimum Gasteiger partial charge on any atom is -0.342 e. The maximum atomic E-state index is 3.37. The molecule has 20 heavy (non-hydrogen) atoms. The highest BCUT2D eigenvalue weighted by Gasteiger charge is 2.09. The molecule has 106 valence electrons. The normalized spacial score (nSPS) is 10.6. The SMILES string of the molecule is CCNCc1ccc(N(CC)c2ccccc2)c(C)c1. The van der Waals surface area contributed by atoms with Gasteiger partial charge in [-0.15, -0.1) is 0 Å². The van der Waals surface area contributed by atoms with E-state index >= 15 is 0 Å². The summed E-state index contributed by atoms with van der Waals surface area (Å²) in [7, 11) is 0. The number of aryl methyl sites for hydroxylation is 1. The van der Waals surface area contributed by atoms with E-state index in [-0.39, 0.29) is 0 Å². The fraction of sp³-hybridized carbons (Fsp3) is 0.333. The van der Waals surface area contributed by atoms with Crippen LogP contribution in [0.1, 0.15) is 25.0 Å². The lowest BCUT2D eigenvalue weighted by atomic mass is 10.1. The average Bonchev–Trinajstić information content (AvgIpc) is 2.49. The lowest BCUT2D eigenvalue weighted by Crippen LogP contribution is -2.17. The zero-order valence-electron chi connectivity index (χ0n) is 12.7. The van der Waals surface area contributed by atoms with Gasteiger partial charge in [-0.2, -0.15) is 0 Å². The largest absolute Gasteiger partial charge is 0.342 e. The molecule has 0 unspecified atom stereocenters. The molecule has 0 aliphatic rings. The molecule has 2 aromatic carbocycles. The zero-order chi connectivity index (χ0) is 14.4. The molecule has 0 radical (unpaired) electrons. The summed E-state index contributed by atoms with van der Waals surface area (Å²) in [6.07, 6.45) is 0. The van der Waals surface area contributed by atoms with Gasteiger partial charge in [0.15, 0.2) is 0 Å². The van der Waals surface area contributed by atoms with E-state index in [0.29, 0.717) is 0 Å². The van der Waals surface area contributed by atoms with Crippen molar-refractivity contribution in [1.29, 1.82) is 0 Å². The summed E-state index contributed by atoms with van der Waals surface area (Å²) in [5.74, 6) is 0. The van der Waals surface area contributed by atoms with Gasteiger partial charge < -0.3 is 10.2 Å². The van der Waals surface area contributed by atoms with Gasteiger partial charge in [-0.25, -0.2) is 0 Å². The van der Waals surface area contributed by atoms with E-state index in [9.17, 15) is 0 Å². The predicted molar refractivity (Wildman–Crippen MR) is 87.7 cm³/mol. The van der Waals surface area contributed by atoms with E-state index < -0.39 is 0 Å². The molecule has 2 aromatic rings. The molecule has 0 heterocycles. The van der Waals surface area contributed by atoms with Gasteiger partial charge in [0.05, 0.1) is 0 Å². The van der Waals surface area contributed by atoms with Gasteiger partial charge in [0, 0.05) is 24.5 Å². The zero-order valence-corrected chi connectivity index (χ0v) is 12.7. The second-order valence-electron chi connectivity index (χ2n) is 4.98. The number of hydrogen-bond acceptors (Lipinski definition) is 2. The summed E-state index contributed by atoms with van der Waals surface area (Å²) in [4.78, 5) is 2.35. The molecule has 0 aromatic heterocycles. The number of nitrogens with one attached hydrogen (secondary N) is 1. The smallest absolute Gasteiger partial charge is 0.0440 e. The van der Waals surface area contributed by atoms with Crippen LogP contribution in [-0.4, -0.2) is 13.1 Å². The number of nitrogens with zero attached hydrogens (tertiary/aromatic N) is 1. The van der Waals surface area contributed by atoms with Gasteiger partial charge in [0.1, 0.15) is 0 Å². The molecular weight excluding hydrogens is 244 g/mol. The molecule has 0 fully saturated rings. The molecule has 2 nitrogen and oxygen atoms in total. The van der Waals surface area contributed by atoms with Crippen molar-refractivity contribution in [1.82, 2.24) is 5.32 Å². The highest BCUT2D eigenvalue weighted by molar-refractivity contribution is 5.66. The van der Waals surface area contributed by atoms with Crippen LogP contribution in [0.15, 0.2) is 48.5 Å². The Morgan fingerprint density at radius 3 is 2.35 bits per heavy atom. The molecule has 1 N–H and O–H groups in total. The lowest BCUT2D eigenvalue weighted by Gasteiger charge is -2.25. The number of rotatable bonds is 6. The highest BCUT2D eigenvalue weighted by atomic mass is 15.1. The van der Waals surface area contributed by atoms with Crippen LogP contribution in [-0.2, 0) is 6.54 Å². The van der Waals surface area contributed by atoms with E-state index in [4.69, 9.17) is 0 Å². The van der Waals surface area contributed by atoms with Crippen molar-refractivity contribution in [3.8, 4) is 0 Å². The Bertz CT molecular complexity index is 534. The van der Waals surface area contributed by atoms with Gasteiger partial charge >= 0.3 is 0 Å². The van der Waals surface area contributed by atoms with E-state index in [1.807, 2.05) is 0 Å². The third-order valence-corrected chi connectivity index (χ3v) is 3.52. The van der Waals surface area contributed by atoms with Crippen molar-refractivity contribution in [2.45, 2.75) is 27.3 Å². The number of para-hydroxylation sites is 1. The van der Waals surface area contributed by atoms with E-state index in [1.54, 1.807) is 0 Å². The Hall–Kier alpha value is -1.80. The third kappa shape index (κ3) is 3.40. The molecular formula is C18H24N2. The van der Waals surface area contributed by atoms with Crippen LogP contribution < -0.4 is 10.2 Å². The molecule has 0 atom stereocenters. The molecule has 0 saturated heterocycles. The monoisotopic (exact) mass is 268 g/mol. The standard InChI is InChI=1S/C18H24N2/c1-4-19-14-16-11-12-18(15(3)13-16)20(5-2)17-9-7-6-8-10-17/h6-13,19H,4-5,14H2,1-3H3. The Balaban J connectivity index is 2.27. The Morgan fingerprint density at radius 2 is 1.75 bits per heavy atom. The van der Waals surface area contributed by atoms with Gasteiger partial charge in [-0.3, -0.25) is 0 Å². The number of benzene rings is 2. The number of hydrogen-bond donors (Lipinski definition) is 1. The maximum absolute atomic E-state index is 3.37. The molecule has 2 heteroatoms. The van der Waals surface area contributed by atoms with Crippen LogP contribution in [0.2, 0.25) is 0 Å². The highest BCUT2D eigenvalue weighted by Crippen LogP contribution is 2.28. The van der Waals surface area contributed by atoms with Gasteiger partial charge in [0.25, 0.3) is 0 Å². The summed E-state index contributed by atoms with van der Waals surface area (Å²) in [5.41, 5.74) is 5.21. The molecule has 0 amide bonds. The Morgan fingerprint density at radius 1 is 1.00 bits per heavy atom. The van der Waals surface area contributed by atoms with E-state index in [1.165, 1.54) is 22.5 Å². The lowest BCUT2D eigenvalue weighted by molar-refractivity contribution is 0.726. The second-order valence-corrected chi connectivity index (χ2v) is 4.98. The van der Waals surface area contributed by atoms with Gasteiger partial charge in [-0.05, 0) is 49.7 Å². The predicted octanol–water partition coefficient (Wildman–Crippen LogP) is 4.26. The summed E-state index contributed by atoms with van der Waals surface area (Å²) in [5, 5.41) is 3.37. The minimum absolute atomic E-state index is 0.940. The minimum atomic E-state index is 0.940. The third-order valence-electron chi connectivity index (χ3n) is 3.52. The maximum Gasteiger partial charge on any atom is 0.0440 e. The van der Waals surface area contributed by atoms with Crippen molar-refractivity contribution >= 4 is 11.4 Å². The molecule has 0 aliphatic carbocycles. The molecule has 0 saturated carbocycles. The summed E-state index contributed by atoms with van der Waals surface area (Å²) in [6.45, 7) is 9.43. The van der Waals surface area contributed by atoms with Crippen molar-refractivity contribution in [3.63, 3.8) is 0 Å². The molecule has 0 aliphatic heterocycles. The number of anilines is 2.